The number of amides is 1. The molecule has 0 bridgehead atoms. The van der Waals surface area contributed by atoms with Crippen molar-refractivity contribution in [2.75, 3.05) is 5.32 Å². The number of nitrogens with one attached hydrogen (secondary N) is 1. The average Bonchev–Trinajstić information content (AvgIpc) is 2.03. The van der Waals surface area contributed by atoms with E-state index in [0.29, 0.717) is 11.3 Å². The Labute approximate surface area is 75.8 Å². The zero-order valence-corrected chi connectivity index (χ0v) is 7.19. The molecule has 0 fully saturated rings. The summed E-state index contributed by atoms with van der Waals surface area (Å²) in [5.74, 6) is 0. The first-order valence-electron chi connectivity index (χ1n) is 3.87. The highest BCUT2D eigenvalue weighted by Gasteiger charge is 2.02. The molecule has 0 aromatic heterocycles. The summed E-state index contributed by atoms with van der Waals surface area (Å²) in [4.78, 5) is 10.3. The molecule has 0 saturated carbocycles. The van der Waals surface area contributed by atoms with Crippen LogP contribution in [0.5, 0.6) is 0 Å². The lowest BCUT2D eigenvalue weighted by molar-refractivity contribution is 0.199. The Morgan fingerprint density at radius 1 is 1.54 bits per heavy atom. The third-order valence-corrected chi connectivity index (χ3v) is 1.62. The minimum Gasteiger partial charge on any atom is -0.465 e. The zero-order chi connectivity index (χ0) is 9.84. The van der Waals surface area contributed by atoms with Crippen LogP contribution in [0, 0.1) is 0 Å². The van der Waals surface area contributed by atoms with Crippen molar-refractivity contribution < 1.29 is 15.0 Å². The Morgan fingerprint density at radius 2 is 2.23 bits per heavy atom. The molecule has 3 N–H and O–H groups in total. The van der Waals surface area contributed by atoms with Gasteiger partial charge in [-0.05, 0) is 24.6 Å². The zero-order valence-electron chi connectivity index (χ0n) is 7.19. The molecule has 0 aliphatic carbocycles. The van der Waals surface area contributed by atoms with Crippen LogP contribution in [0.3, 0.4) is 0 Å². The molecule has 1 unspecified atom stereocenters. The predicted molar refractivity (Wildman–Crippen MR) is 48.7 cm³/mol. The van der Waals surface area contributed by atoms with Crippen LogP contribution in [0.4, 0.5) is 10.5 Å². The molecule has 1 aromatic carbocycles. The maximum atomic E-state index is 10.3. The molecule has 0 spiro atoms. The summed E-state index contributed by atoms with van der Waals surface area (Å²) < 4.78 is 0. The molecule has 1 rings (SSSR count). The third kappa shape index (κ3) is 2.76. The third-order valence-electron chi connectivity index (χ3n) is 1.62. The van der Waals surface area contributed by atoms with Crippen LogP contribution in [0.15, 0.2) is 24.3 Å². The number of benzene rings is 1. The molecule has 0 aliphatic heterocycles. The Bertz CT molecular complexity index is 309. The highest BCUT2D eigenvalue weighted by atomic mass is 16.4. The molecule has 1 atom stereocenters. The van der Waals surface area contributed by atoms with Gasteiger partial charge in [-0.1, -0.05) is 12.1 Å². The number of hydrogen-bond acceptors (Lipinski definition) is 2. The normalized spacial score (nSPS) is 12.2. The second kappa shape index (κ2) is 3.91. The van der Waals surface area contributed by atoms with E-state index >= 15 is 0 Å². The molecule has 0 saturated heterocycles. The van der Waals surface area contributed by atoms with Crippen molar-refractivity contribution in [1.82, 2.24) is 0 Å². The summed E-state index contributed by atoms with van der Waals surface area (Å²) in [5.41, 5.74) is 1.15. The molecular formula is C9H11NO3. The second-order valence-electron chi connectivity index (χ2n) is 2.73. The van der Waals surface area contributed by atoms with Crippen LogP contribution in [-0.2, 0) is 0 Å². The van der Waals surface area contributed by atoms with Crippen molar-refractivity contribution in [3.63, 3.8) is 0 Å². The van der Waals surface area contributed by atoms with Gasteiger partial charge in [0.25, 0.3) is 0 Å². The van der Waals surface area contributed by atoms with E-state index in [1.54, 1.807) is 31.2 Å². The molecule has 0 aliphatic rings. The Balaban J connectivity index is 2.85. The van der Waals surface area contributed by atoms with Gasteiger partial charge in [-0.3, -0.25) is 5.32 Å². The summed E-state index contributed by atoms with van der Waals surface area (Å²) >= 11 is 0. The van der Waals surface area contributed by atoms with Crippen molar-refractivity contribution in [3.8, 4) is 0 Å². The van der Waals surface area contributed by atoms with Gasteiger partial charge in [-0.15, -0.1) is 0 Å². The number of anilines is 1. The number of hydrogen-bond donors (Lipinski definition) is 3. The molecule has 4 nitrogen and oxygen atoms in total. The van der Waals surface area contributed by atoms with E-state index < -0.39 is 12.2 Å². The van der Waals surface area contributed by atoms with Crippen molar-refractivity contribution in [1.29, 1.82) is 0 Å². The Morgan fingerprint density at radius 3 is 2.77 bits per heavy atom. The molecular weight excluding hydrogens is 170 g/mol. The van der Waals surface area contributed by atoms with Gasteiger partial charge in [-0.25, -0.2) is 4.79 Å². The van der Waals surface area contributed by atoms with Gasteiger partial charge in [-0.2, -0.15) is 0 Å². The largest absolute Gasteiger partial charge is 0.465 e. The lowest BCUT2D eigenvalue weighted by atomic mass is 10.1. The van der Waals surface area contributed by atoms with E-state index in [-0.39, 0.29) is 0 Å². The van der Waals surface area contributed by atoms with Crippen LogP contribution in [-0.4, -0.2) is 16.3 Å². The number of rotatable bonds is 2. The summed E-state index contributed by atoms with van der Waals surface area (Å²) in [7, 11) is 0. The fraction of sp³-hybridized carbons (Fsp3) is 0.222. The molecule has 70 valence electrons. The van der Waals surface area contributed by atoms with Gasteiger partial charge < -0.3 is 10.2 Å². The standard InChI is InChI=1S/C9H11NO3/c1-6(11)7-3-2-4-8(5-7)10-9(12)13/h2-6,10-11H,1H3,(H,12,13). The number of carboxylic acid groups (broad SMARTS) is 1. The first kappa shape index (κ1) is 9.54. The van der Waals surface area contributed by atoms with Crippen LogP contribution < -0.4 is 5.32 Å². The minimum atomic E-state index is -1.11. The summed E-state index contributed by atoms with van der Waals surface area (Å²) in [6.07, 6.45) is -1.70. The molecule has 0 heterocycles. The van der Waals surface area contributed by atoms with Crippen LogP contribution in [0.2, 0.25) is 0 Å². The van der Waals surface area contributed by atoms with E-state index in [1.807, 2.05) is 0 Å². The Kier molecular flexibility index (Phi) is 2.87. The van der Waals surface area contributed by atoms with Crippen molar-refractivity contribution in [2.24, 2.45) is 0 Å². The minimum absolute atomic E-state index is 0.464. The average molecular weight is 181 g/mol. The Hall–Kier alpha value is -1.55. The van der Waals surface area contributed by atoms with E-state index in [1.165, 1.54) is 0 Å². The smallest absolute Gasteiger partial charge is 0.409 e. The fourth-order valence-electron chi connectivity index (χ4n) is 1.000. The van der Waals surface area contributed by atoms with Crippen LogP contribution in [0.25, 0.3) is 0 Å². The topological polar surface area (TPSA) is 69.6 Å². The van der Waals surface area contributed by atoms with Gasteiger partial charge >= 0.3 is 6.09 Å². The SMILES string of the molecule is CC(O)c1cccc(NC(=O)O)c1. The summed E-state index contributed by atoms with van der Waals surface area (Å²) in [6, 6.07) is 6.64. The maximum Gasteiger partial charge on any atom is 0.409 e. The van der Waals surface area contributed by atoms with E-state index in [0.717, 1.165) is 0 Å². The first-order valence-corrected chi connectivity index (χ1v) is 3.87. The quantitative estimate of drug-likeness (QED) is 0.651. The maximum absolute atomic E-state index is 10.3. The number of carbonyl (C=O) groups is 1. The lowest BCUT2D eigenvalue weighted by Crippen LogP contribution is -2.07. The highest BCUT2D eigenvalue weighted by Crippen LogP contribution is 2.16. The van der Waals surface area contributed by atoms with Crippen molar-refractivity contribution in [2.45, 2.75) is 13.0 Å². The molecule has 1 aromatic rings. The number of aliphatic hydroxyl groups excluding tert-OH is 1. The lowest BCUT2D eigenvalue weighted by Gasteiger charge is -2.06. The number of aliphatic hydroxyl groups is 1. The van der Waals surface area contributed by atoms with Gasteiger partial charge in [0.2, 0.25) is 0 Å². The van der Waals surface area contributed by atoms with E-state index in [2.05, 4.69) is 5.32 Å². The van der Waals surface area contributed by atoms with Gasteiger partial charge in [0.05, 0.1) is 6.10 Å². The monoisotopic (exact) mass is 181 g/mol. The molecule has 0 radical (unpaired) electrons. The molecule has 4 heteroatoms. The van der Waals surface area contributed by atoms with E-state index in [4.69, 9.17) is 5.11 Å². The van der Waals surface area contributed by atoms with Gasteiger partial charge in [0.15, 0.2) is 0 Å². The molecule has 1 amide bonds. The highest BCUT2D eigenvalue weighted by molar-refractivity contribution is 5.82. The summed E-state index contributed by atoms with van der Waals surface area (Å²) in [6.45, 7) is 1.62. The van der Waals surface area contributed by atoms with Gasteiger partial charge in [0.1, 0.15) is 0 Å². The predicted octanol–water partition coefficient (Wildman–Crippen LogP) is 1.83. The summed E-state index contributed by atoms with van der Waals surface area (Å²) in [5, 5.41) is 19.8. The van der Waals surface area contributed by atoms with E-state index in [9.17, 15) is 9.90 Å². The second-order valence-corrected chi connectivity index (χ2v) is 2.73. The fourth-order valence-corrected chi connectivity index (χ4v) is 1.000. The van der Waals surface area contributed by atoms with Crippen LogP contribution >= 0.6 is 0 Å². The van der Waals surface area contributed by atoms with Crippen molar-refractivity contribution >= 4 is 11.8 Å². The van der Waals surface area contributed by atoms with Crippen LogP contribution in [0.1, 0.15) is 18.6 Å². The van der Waals surface area contributed by atoms with Crippen molar-refractivity contribution in [3.05, 3.63) is 29.8 Å². The molecule has 13 heavy (non-hydrogen) atoms. The van der Waals surface area contributed by atoms with Gasteiger partial charge in [0, 0.05) is 5.69 Å². The first-order chi connectivity index (χ1) is 6.09.